The Morgan fingerprint density at radius 2 is 1.04 bits per heavy atom. The maximum Gasteiger partial charge on any atom is 0.306 e. The van der Waals surface area contributed by atoms with Crippen molar-refractivity contribution in [1.29, 1.82) is 0 Å². The highest BCUT2D eigenvalue weighted by Crippen LogP contribution is 2.23. The number of hydrogen-bond acceptors (Lipinski definition) is 7. The van der Waals surface area contributed by atoms with Crippen molar-refractivity contribution in [3.63, 3.8) is 0 Å². The lowest BCUT2D eigenvalue weighted by molar-refractivity contribution is -0.151. The van der Waals surface area contributed by atoms with E-state index in [1.165, 1.54) is 92.5 Å². The van der Waals surface area contributed by atoms with E-state index in [1.54, 1.807) is 6.92 Å². The van der Waals surface area contributed by atoms with Crippen molar-refractivity contribution in [2.24, 2.45) is 0 Å². The molecule has 47 heavy (non-hydrogen) atoms. The van der Waals surface area contributed by atoms with Gasteiger partial charge in [-0.15, -0.1) is 0 Å². The highest BCUT2D eigenvalue weighted by Gasteiger charge is 2.10. The molecule has 268 valence electrons. The van der Waals surface area contributed by atoms with E-state index in [-0.39, 0.29) is 12.1 Å². The molecule has 0 aliphatic carbocycles. The van der Waals surface area contributed by atoms with Crippen LogP contribution in [0.5, 0.6) is 0 Å². The van der Waals surface area contributed by atoms with Crippen molar-refractivity contribution in [3.05, 3.63) is 47.5 Å². The van der Waals surface area contributed by atoms with Crippen LogP contribution in [0.25, 0.3) is 10.8 Å². The number of hydrogen-bond donors (Lipinski definition) is 1. The SMILES string of the molecule is CCCCCCCCCCCCCCCC(=O)OC(C)COCCOCCc1cccc2c(CCOCCOCC(C)O)cccc12. The summed E-state index contributed by atoms with van der Waals surface area (Å²) in [6.07, 6.45) is 18.3. The lowest BCUT2D eigenvalue weighted by atomic mass is 9.97. The van der Waals surface area contributed by atoms with E-state index in [4.69, 9.17) is 23.7 Å². The molecule has 0 fully saturated rings. The summed E-state index contributed by atoms with van der Waals surface area (Å²) in [7, 11) is 0. The molecule has 7 nitrogen and oxygen atoms in total. The predicted molar refractivity (Wildman–Crippen MR) is 192 cm³/mol. The van der Waals surface area contributed by atoms with Crippen LogP contribution in [0.3, 0.4) is 0 Å². The third-order valence-corrected chi connectivity index (χ3v) is 8.41. The highest BCUT2D eigenvalue weighted by atomic mass is 16.6. The fraction of sp³-hybridized carbons (Fsp3) is 0.725. The summed E-state index contributed by atoms with van der Waals surface area (Å²) >= 11 is 0. The topological polar surface area (TPSA) is 83.5 Å². The summed E-state index contributed by atoms with van der Waals surface area (Å²) in [6, 6.07) is 12.9. The summed E-state index contributed by atoms with van der Waals surface area (Å²) in [5.41, 5.74) is 2.53. The smallest absolute Gasteiger partial charge is 0.306 e. The number of carbonyl (C=O) groups excluding carboxylic acids is 1. The van der Waals surface area contributed by atoms with Gasteiger partial charge in [0.2, 0.25) is 0 Å². The largest absolute Gasteiger partial charge is 0.460 e. The minimum atomic E-state index is -0.450. The van der Waals surface area contributed by atoms with Gasteiger partial charge in [0.1, 0.15) is 6.10 Å². The van der Waals surface area contributed by atoms with Crippen LogP contribution in [0.15, 0.2) is 36.4 Å². The quantitative estimate of drug-likeness (QED) is 0.0640. The summed E-state index contributed by atoms with van der Waals surface area (Å²) in [4.78, 5) is 12.2. The first-order valence-corrected chi connectivity index (χ1v) is 18.7. The standard InChI is InChI=1S/C40H66O7/c1-4-5-6-7-8-9-10-11-12-13-14-15-16-23-40(42)47-35(3)33-46-31-29-44-27-25-37-20-18-21-38-36(19-17-22-39(37)38)24-26-43-28-30-45-32-34(2)41/h17-22,34-35,41H,4-16,23-33H2,1-3H3. The molecule has 0 bridgehead atoms. The molecule has 0 saturated heterocycles. The average Bonchev–Trinajstić information content (AvgIpc) is 3.06. The van der Waals surface area contributed by atoms with Crippen molar-refractivity contribution in [1.82, 2.24) is 0 Å². The Kier molecular flexibility index (Phi) is 24.4. The molecule has 0 aromatic heterocycles. The molecule has 0 aliphatic rings. The van der Waals surface area contributed by atoms with Crippen LogP contribution in [-0.2, 0) is 41.3 Å². The predicted octanol–water partition coefficient (Wildman–Crippen LogP) is 8.79. The van der Waals surface area contributed by atoms with Gasteiger partial charge in [-0.1, -0.05) is 120 Å². The first-order valence-electron chi connectivity index (χ1n) is 18.7. The zero-order valence-electron chi connectivity index (χ0n) is 30.0. The number of ether oxygens (including phenoxy) is 5. The fourth-order valence-electron chi connectivity index (χ4n) is 5.79. The molecule has 1 N–H and O–H groups in total. The Morgan fingerprint density at radius 1 is 0.596 bits per heavy atom. The van der Waals surface area contributed by atoms with E-state index in [2.05, 4.69) is 43.3 Å². The fourth-order valence-corrected chi connectivity index (χ4v) is 5.79. The van der Waals surface area contributed by atoms with Crippen LogP contribution in [0.2, 0.25) is 0 Å². The van der Waals surface area contributed by atoms with Crippen LogP contribution >= 0.6 is 0 Å². The van der Waals surface area contributed by atoms with Gasteiger partial charge in [0, 0.05) is 6.42 Å². The molecule has 0 heterocycles. The maximum atomic E-state index is 12.2. The number of esters is 1. The lowest BCUT2D eigenvalue weighted by Crippen LogP contribution is -2.21. The highest BCUT2D eigenvalue weighted by molar-refractivity contribution is 5.88. The Balaban J connectivity index is 1.47. The summed E-state index contributed by atoms with van der Waals surface area (Å²) < 4.78 is 28.2. The number of benzene rings is 2. The number of aliphatic hydroxyl groups excluding tert-OH is 1. The van der Waals surface area contributed by atoms with E-state index in [0.717, 1.165) is 25.7 Å². The average molecular weight is 659 g/mol. The Bertz CT molecular complexity index is 1040. The second-order valence-electron chi connectivity index (χ2n) is 12.9. The first kappa shape index (κ1) is 41.1. The van der Waals surface area contributed by atoms with Crippen molar-refractivity contribution < 1.29 is 33.6 Å². The third-order valence-electron chi connectivity index (χ3n) is 8.41. The molecule has 0 aliphatic heterocycles. The van der Waals surface area contributed by atoms with E-state index < -0.39 is 6.10 Å². The second-order valence-corrected chi connectivity index (χ2v) is 12.9. The number of aliphatic hydroxyl groups is 1. The molecule has 0 spiro atoms. The molecule has 2 unspecified atom stereocenters. The molecule has 7 heteroatoms. The van der Waals surface area contributed by atoms with Crippen LogP contribution < -0.4 is 0 Å². The molecule has 2 rings (SSSR count). The molecule has 0 amide bonds. The van der Waals surface area contributed by atoms with Gasteiger partial charge in [0.15, 0.2) is 0 Å². The van der Waals surface area contributed by atoms with E-state index in [9.17, 15) is 9.90 Å². The number of fused-ring (bicyclic) bond motifs is 1. The Morgan fingerprint density at radius 3 is 1.53 bits per heavy atom. The lowest BCUT2D eigenvalue weighted by Gasteiger charge is -2.14. The van der Waals surface area contributed by atoms with Gasteiger partial charge in [-0.3, -0.25) is 4.79 Å². The number of rotatable bonds is 31. The summed E-state index contributed by atoms with van der Waals surface area (Å²) in [6.45, 7) is 9.82. The first-order chi connectivity index (χ1) is 23.0. The van der Waals surface area contributed by atoms with Crippen molar-refractivity contribution >= 4 is 16.7 Å². The van der Waals surface area contributed by atoms with E-state index in [1.807, 2.05) is 6.92 Å². The van der Waals surface area contributed by atoms with E-state index in [0.29, 0.717) is 59.3 Å². The van der Waals surface area contributed by atoms with Gasteiger partial charge >= 0.3 is 5.97 Å². The van der Waals surface area contributed by atoms with Gasteiger partial charge in [-0.2, -0.15) is 0 Å². The van der Waals surface area contributed by atoms with Gasteiger partial charge < -0.3 is 28.8 Å². The molecule has 0 saturated carbocycles. The molecular weight excluding hydrogens is 592 g/mol. The van der Waals surface area contributed by atoms with E-state index >= 15 is 0 Å². The zero-order chi connectivity index (χ0) is 33.8. The minimum Gasteiger partial charge on any atom is -0.460 e. The number of unbranched alkanes of at least 4 members (excludes halogenated alkanes) is 12. The van der Waals surface area contributed by atoms with Crippen LogP contribution in [0.1, 0.15) is 122 Å². The van der Waals surface area contributed by atoms with Gasteiger partial charge in [-0.25, -0.2) is 0 Å². The van der Waals surface area contributed by atoms with Crippen LogP contribution in [-0.4, -0.2) is 76.1 Å². The Hall–Kier alpha value is -2.03. The van der Waals surface area contributed by atoms with Gasteiger partial charge in [0.25, 0.3) is 0 Å². The van der Waals surface area contributed by atoms with Crippen LogP contribution in [0, 0.1) is 0 Å². The molecular formula is C40H66O7. The number of carbonyl (C=O) groups is 1. The van der Waals surface area contributed by atoms with Crippen LogP contribution in [0.4, 0.5) is 0 Å². The summed E-state index contributed by atoms with van der Waals surface area (Å²) in [5.74, 6) is -0.121. The monoisotopic (exact) mass is 658 g/mol. The van der Waals surface area contributed by atoms with Crippen molar-refractivity contribution in [2.75, 3.05) is 52.9 Å². The molecule has 2 atom stereocenters. The molecule has 2 aromatic carbocycles. The van der Waals surface area contributed by atoms with Gasteiger partial charge in [-0.05, 0) is 55.0 Å². The Labute approximate surface area is 286 Å². The summed E-state index contributed by atoms with van der Waals surface area (Å²) in [5, 5.41) is 11.7. The third kappa shape index (κ3) is 20.8. The van der Waals surface area contributed by atoms with Crippen molar-refractivity contribution in [2.45, 2.75) is 136 Å². The normalized spacial score (nSPS) is 12.9. The van der Waals surface area contributed by atoms with Gasteiger partial charge in [0.05, 0.1) is 59.0 Å². The maximum absolute atomic E-state index is 12.2. The van der Waals surface area contributed by atoms with Crippen molar-refractivity contribution in [3.8, 4) is 0 Å². The minimum absolute atomic E-state index is 0.121. The zero-order valence-corrected chi connectivity index (χ0v) is 30.0. The molecule has 2 aromatic rings. The second kappa shape index (κ2) is 27.9. The molecule has 0 radical (unpaired) electrons.